The fourth-order valence-electron chi connectivity index (χ4n) is 1.50. The van der Waals surface area contributed by atoms with Crippen molar-refractivity contribution < 1.29 is 14.3 Å². The third kappa shape index (κ3) is 3.48. The maximum absolute atomic E-state index is 11.9. The van der Waals surface area contributed by atoms with Gasteiger partial charge in [-0.1, -0.05) is 0 Å². The normalized spacial score (nSPS) is 10.2. The van der Waals surface area contributed by atoms with Crippen molar-refractivity contribution in [3.8, 4) is 5.75 Å². The zero-order valence-corrected chi connectivity index (χ0v) is 12.6. The molecule has 0 fully saturated rings. The average molecular weight is 342 g/mol. The van der Waals surface area contributed by atoms with Gasteiger partial charge in [0.25, 0.3) is 0 Å². The topological polar surface area (TPSA) is 61.5 Å². The summed E-state index contributed by atoms with van der Waals surface area (Å²) >= 11 is 4.91. The molecule has 0 aliphatic rings. The number of methoxy groups -OCH3 is 1. The predicted octanol–water partition coefficient (Wildman–Crippen LogP) is 3.46. The van der Waals surface area contributed by atoms with Gasteiger partial charge in [-0.3, -0.25) is 0 Å². The van der Waals surface area contributed by atoms with Crippen molar-refractivity contribution in [3.63, 3.8) is 0 Å². The van der Waals surface area contributed by atoms with E-state index in [1.54, 1.807) is 18.2 Å². The summed E-state index contributed by atoms with van der Waals surface area (Å²) in [6.07, 6.45) is 0. The fraction of sp³-hybridized carbons (Fsp3) is 0.154. The number of anilines is 1. The number of nitrogens with two attached hydrogens (primary N) is 1. The molecule has 0 aliphatic heterocycles. The number of rotatable bonds is 4. The second-order valence-electron chi connectivity index (χ2n) is 3.76. The number of hydrogen-bond acceptors (Lipinski definition) is 5. The number of esters is 1. The molecule has 6 heteroatoms. The van der Waals surface area contributed by atoms with Gasteiger partial charge in [0.1, 0.15) is 12.4 Å². The quantitative estimate of drug-likeness (QED) is 0.683. The van der Waals surface area contributed by atoms with Crippen LogP contribution in [0.4, 0.5) is 5.69 Å². The minimum atomic E-state index is -0.425. The summed E-state index contributed by atoms with van der Waals surface area (Å²) in [5, 5.41) is 1.93. The first-order chi connectivity index (χ1) is 9.10. The van der Waals surface area contributed by atoms with Gasteiger partial charge in [0.2, 0.25) is 0 Å². The Labute approximate surface area is 123 Å². The van der Waals surface area contributed by atoms with Crippen molar-refractivity contribution in [2.45, 2.75) is 6.61 Å². The molecule has 0 saturated heterocycles. The van der Waals surface area contributed by atoms with Gasteiger partial charge in [-0.05, 0) is 39.5 Å². The number of nitrogen functional groups attached to an aromatic ring is 1. The lowest BCUT2D eigenvalue weighted by atomic mass is 10.2. The van der Waals surface area contributed by atoms with Crippen molar-refractivity contribution in [1.29, 1.82) is 0 Å². The van der Waals surface area contributed by atoms with Gasteiger partial charge in [0, 0.05) is 16.2 Å². The largest absolute Gasteiger partial charge is 0.497 e. The van der Waals surface area contributed by atoms with E-state index in [1.807, 2.05) is 11.4 Å². The Morgan fingerprint density at radius 1 is 1.42 bits per heavy atom. The van der Waals surface area contributed by atoms with Gasteiger partial charge in [0.05, 0.1) is 17.6 Å². The Bertz CT molecular complexity index is 597. The third-order valence-electron chi connectivity index (χ3n) is 2.43. The second-order valence-corrected chi connectivity index (χ2v) is 5.62. The molecule has 100 valence electrons. The molecule has 1 heterocycles. The molecule has 0 aliphatic carbocycles. The van der Waals surface area contributed by atoms with Crippen LogP contribution < -0.4 is 10.5 Å². The third-order valence-corrected chi connectivity index (χ3v) is 4.33. The minimum absolute atomic E-state index is 0.230. The number of benzene rings is 1. The highest BCUT2D eigenvalue weighted by Gasteiger charge is 2.11. The van der Waals surface area contributed by atoms with E-state index in [4.69, 9.17) is 15.2 Å². The molecule has 0 spiro atoms. The summed E-state index contributed by atoms with van der Waals surface area (Å²) < 4.78 is 11.2. The standard InChI is InChI=1S/C13H12BrNO3S/c1-17-10-5-8(4-9(15)6-10)13(16)18-7-12-11(14)2-3-19-12/h2-6H,7,15H2,1H3. The average Bonchev–Trinajstić information content (AvgIpc) is 2.80. The summed E-state index contributed by atoms with van der Waals surface area (Å²) in [7, 11) is 1.52. The predicted molar refractivity (Wildman–Crippen MR) is 78.5 cm³/mol. The molecule has 0 saturated carbocycles. The van der Waals surface area contributed by atoms with Crippen molar-refractivity contribution >= 4 is 38.9 Å². The summed E-state index contributed by atoms with van der Waals surface area (Å²) in [6, 6.07) is 6.72. The molecular weight excluding hydrogens is 330 g/mol. The molecule has 1 aromatic heterocycles. The van der Waals surface area contributed by atoms with E-state index < -0.39 is 5.97 Å². The van der Waals surface area contributed by atoms with Gasteiger partial charge < -0.3 is 15.2 Å². The van der Waals surface area contributed by atoms with Crippen LogP contribution in [0.5, 0.6) is 5.75 Å². The SMILES string of the molecule is COc1cc(N)cc(C(=O)OCc2sccc2Br)c1. The Morgan fingerprint density at radius 3 is 2.84 bits per heavy atom. The Balaban J connectivity index is 2.08. The number of thiophene rings is 1. The highest BCUT2D eigenvalue weighted by Crippen LogP contribution is 2.24. The molecule has 0 amide bonds. The van der Waals surface area contributed by atoms with Crippen LogP contribution in [0, 0.1) is 0 Å². The Kier molecular flexibility index (Phi) is 4.44. The Morgan fingerprint density at radius 2 is 2.21 bits per heavy atom. The summed E-state index contributed by atoms with van der Waals surface area (Å²) in [4.78, 5) is 12.9. The van der Waals surface area contributed by atoms with Crippen LogP contribution in [0.2, 0.25) is 0 Å². The van der Waals surface area contributed by atoms with Gasteiger partial charge in [-0.2, -0.15) is 0 Å². The number of hydrogen-bond donors (Lipinski definition) is 1. The number of halogens is 1. The highest BCUT2D eigenvalue weighted by molar-refractivity contribution is 9.10. The van der Waals surface area contributed by atoms with Crippen LogP contribution in [0.15, 0.2) is 34.1 Å². The van der Waals surface area contributed by atoms with Crippen LogP contribution in [-0.4, -0.2) is 13.1 Å². The molecule has 1 aromatic carbocycles. The zero-order valence-electron chi connectivity index (χ0n) is 10.2. The molecule has 0 bridgehead atoms. The molecule has 2 rings (SSSR count). The van der Waals surface area contributed by atoms with Crippen LogP contribution in [-0.2, 0) is 11.3 Å². The number of carbonyl (C=O) groups excluding carboxylic acids is 1. The molecule has 0 atom stereocenters. The van der Waals surface area contributed by atoms with E-state index in [-0.39, 0.29) is 6.61 Å². The summed E-state index contributed by atoms with van der Waals surface area (Å²) in [6.45, 7) is 0.230. The van der Waals surface area contributed by atoms with E-state index in [0.717, 1.165) is 9.35 Å². The first-order valence-corrected chi connectivity index (χ1v) is 7.11. The van der Waals surface area contributed by atoms with E-state index in [2.05, 4.69) is 15.9 Å². The van der Waals surface area contributed by atoms with Crippen LogP contribution in [0.3, 0.4) is 0 Å². The number of carbonyl (C=O) groups is 1. The molecular formula is C13H12BrNO3S. The lowest BCUT2D eigenvalue weighted by Gasteiger charge is -2.07. The van der Waals surface area contributed by atoms with E-state index in [1.165, 1.54) is 18.4 Å². The van der Waals surface area contributed by atoms with Gasteiger partial charge in [-0.15, -0.1) is 11.3 Å². The van der Waals surface area contributed by atoms with Gasteiger partial charge >= 0.3 is 5.97 Å². The van der Waals surface area contributed by atoms with E-state index >= 15 is 0 Å². The van der Waals surface area contributed by atoms with E-state index in [0.29, 0.717) is 17.0 Å². The van der Waals surface area contributed by atoms with Crippen molar-refractivity contribution in [2.75, 3.05) is 12.8 Å². The molecule has 0 radical (unpaired) electrons. The van der Waals surface area contributed by atoms with E-state index in [9.17, 15) is 4.79 Å². The van der Waals surface area contributed by atoms with Crippen molar-refractivity contribution in [3.05, 3.63) is 44.6 Å². The smallest absolute Gasteiger partial charge is 0.338 e. The maximum atomic E-state index is 11.9. The van der Waals surface area contributed by atoms with Gasteiger partial charge in [-0.25, -0.2) is 4.79 Å². The monoisotopic (exact) mass is 341 g/mol. The second kappa shape index (κ2) is 6.08. The molecule has 2 aromatic rings. The van der Waals surface area contributed by atoms with Crippen molar-refractivity contribution in [1.82, 2.24) is 0 Å². The first-order valence-electron chi connectivity index (χ1n) is 5.43. The lowest BCUT2D eigenvalue weighted by molar-refractivity contribution is 0.0476. The van der Waals surface area contributed by atoms with Crippen LogP contribution in [0.1, 0.15) is 15.2 Å². The zero-order chi connectivity index (χ0) is 13.8. The summed E-state index contributed by atoms with van der Waals surface area (Å²) in [5.74, 6) is 0.107. The fourth-order valence-corrected chi connectivity index (χ4v) is 2.88. The minimum Gasteiger partial charge on any atom is -0.497 e. The first kappa shape index (κ1) is 13.9. The molecule has 19 heavy (non-hydrogen) atoms. The van der Waals surface area contributed by atoms with Gasteiger partial charge in [0.15, 0.2) is 0 Å². The summed E-state index contributed by atoms with van der Waals surface area (Å²) in [5.41, 5.74) is 6.54. The highest BCUT2D eigenvalue weighted by atomic mass is 79.9. The van der Waals surface area contributed by atoms with Crippen LogP contribution >= 0.6 is 27.3 Å². The molecule has 2 N–H and O–H groups in total. The van der Waals surface area contributed by atoms with Crippen molar-refractivity contribution in [2.24, 2.45) is 0 Å². The maximum Gasteiger partial charge on any atom is 0.338 e. The number of ether oxygens (including phenoxy) is 2. The van der Waals surface area contributed by atoms with Crippen LogP contribution in [0.25, 0.3) is 0 Å². The lowest BCUT2D eigenvalue weighted by Crippen LogP contribution is -2.06. The Hall–Kier alpha value is -1.53. The molecule has 4 nitrogen and oxygen atoms in total. The molecule has 0 unspecified atom stereocenters.